The molecule has 1 saturated heterocycles. The number of carbonyl (C=O) groups is 1. The average molecular weight is 533 g/mol. The number of pyridine rings is 1. The molecule has 0 bridgehead atoms. The zero-order valence-corrected chi connectivity index (χ0v) is 21.3. The number of hydrogen-bond donors (Lipinski definition) is 2. The van der Waals surface area contributed by atoms with E-state index in [1.54, 1.807) is 36.0 Å². The van der Waals surface area contributed by atoms with Gasteiger partial charge in [0, 0.05) is 41.8 Å². The Bertz CT molecular complexity index is 1470. The summed E-state index contributed by atoms with van der Waals surface area (Å²) >= 11 is 1.25. The Morgan fingerprint density at radius 1 is 1.11 bits per heavy atom. The molecular weight excluding hydrogens is 507 g/mol. The minimum absolute atomic E-state index is 0.00992. The number of ether oxygens (including phenoxy) is 2. The molecule has 1 aliphatic rings. The molecular formula is C27H25FN6O3S. The third-order valence-electron chi connectivity index (χ3n) is 6.07. The van der Waals surface area contributed by atoms with Crippen molar-refractivity contribution in [2.24, 2.45) is 0 Å². The number of nitriles is 1. The highest BCUT2D eigenvalue weighted by molar-refractivity contribution is 7.13. The van der Waals surface area contributed by atoms with Crippen molar-refractivity contribution in [3.8, 4) is 23.3 Å². The van der Waals surface area contributed by atoms with E-state index in [-0.39, 0.29) is 11.4 Å². The summed E-state index contributed by atoms with van der Waals surface area (Å²) in [7, 11) is 0. The van der Waals surface area contributed by atoms with E-state index in [9.17, 15) is 14.4 Å². The number of amides is 2. The molecule has 3 heterocycles. The lowest BCUT2D eigenvalue weighted by Gasteiger charge is -2.15. The van der Waals surface area contributed by atoms with Gasteiger partial charge in [0.1, 0.15) is 29.1 Å². The van der Waals surface area contributed by atoms with Crippen molar-refractivity contribution in [1.82, 2.24) is 14.9 Å². The number of aromatic nitrogens is 2. The standard InChI is InChI=1S/C27H25FN6O3S/c28-21-15-19(4-5-22(21)32-26(35)33-27-31-8-13-38-27)37-24-6-7-30-23-16-25(18(17-29)14-20(23)24)36-12-3-11-34-9-1-2-10-34/h4-8,13-16H,1-3,9-12H2,(H2,31,32,33,35). The molecule has 4 aromatic rings. The summed E-state index contributed by atoms with van der Waals surface area (Å²) in [5.41, 5.74) is 0.950. The van der Waals surface area contributed by atoms with Gasteiger partial charge in [-0.25, -0.2) is 14.2 Å². The van der Waals surface area contributed by atoms with E-state index >= 15 is 0 Å². The lowest BCUT2D eigenvalue weighted by atomic mass is 10.1. The molecule has 0 atom stereocenters. The molecule has 0 spiro atoms. The van der Waals surface area contributed by atoms with Crippen LogP contribution >= 0.6 is 11.3 Å². The predicted octanol–water partition coefficient (Wildman–Crippen LogP) is 6.00. The maximum Gasteiger partial charge on any atom is 0.325 e. The summed E-state index contributed by atoms with van der Waals surface area (Å²) in [4.78, 5) is 22.9. The van der Waals surface area contributed by atoms with E-state index in [1.807, 2.05) is 0 Å². The van der Waals surface area contributed by atoms with Crippen LogP contribution in [0.4, 0.5) is 20.0 Å². The number of carbonyl (C=O) groups excluding carboxylic acids is 1. The van der Waals surface area contributed by atoms with Crippen LogP contribution < -0.4 is 20.1 Å². The number of nitrogens with one attached hydrogen (secondary N) is 2. The normalized spacial score (nSPS) is 13.3. The van der Waals surface area contributed by atoms with Crippen molar-refractivity contribution in [1.29, 1.82) is 5.26 Å². The molecule has 9 nitrogen and oxygen atoms in total. The molecule has 1 aliphatic heterocycles. The van der Waals surface area contributed by atoms with Crippen molar-refractivity contribution in [3.63, 3.8) is 0 Å². The highest BCUT2D eigenvalue weighted by atomic mass is 32.1. The Labute approximate surface area is 222 Å². The summed E-state index contributed by atoms with van der Waals surface area (Å²) in [5, 5.41) is 17.4. The number of benzene rings is 2. The van der Waals surface area contributed by atoms with Gasteiger partial charge in [0.2, 0.25) is 0 Å². The van der Waals surface area contributed by atoms with E-state index in [0.29, 0.717) is 39.7 Å². The second kappa shape index (κ2) is 11.9. The Morgan fingerprint density at radius 2 is 1.97 bits per heavy atom. The monoisotopic (exact) mass is 532 g/mol. The molecule has 1 fully saturated rings. The fourth-order valence-electron chi connectivity index (χ4n) is 4.24. The van der Waals surface area contributed by atoms with Crippen molar-refractivity contribution >= 4 is 39.1 Å². The van der Waals surface area contributed by atoms with Crippen LogP contribution in [0.15, 0.2) is 54.2 Å². The summed E-state index contributed by atoms with van der Waals surface area (Å²) in [6.07, 6.45) is 6.51. The molecule has 11 heteroatoms. The van der Waals surface area contributed by atoms with E-state index in [2.05, 4.69) is 31.6 Å². The number of nitrogens with zero attached hydrogens (tertiary/aromatic N) is 4. The van der Waals surface area contributed by atoms with Crippen molar-refractivity contribution in [2.75, 3.05) is 36.9 Å². The van der Waals surface area contributed by atoms with Gasteiger partial charge in [-0.1, -0.05) is 0 Å². The third-order valence-corrected chi connectivity index (χ3v) is 6.76. The topological polar surface area (TPSA) is 112 Å². The number of rotatable bonds is 9. The highest BCUT2D eigenvalue weighted by Crippen LogP contribution is 2.34. The molecule has 0 saturated carbocycles. The van der Waals surface area contributed by atoms with E-state index in [4.69, 9.17) is 9.47 Å². The fraction of sp³-hybridized carbons (Fsp3) is 0.259. The van der Waals surface area contributed by atoms with Gasteiger partial charge >= 0.3 is 6.03 Å². The minimum atomic E-state index is -0.669. The number of thiazole rings is 1. The maximum atomic E-state index is 14.7. The van der Waals surface area contributed by atoms with Gasteiger partial charge in [0.05, 0.1) is 23.4 Å². The first kappa shape index (κ1) is 25.4. The molecule has 2 aromatic heterocycles. The first-order valence-corrected chi connectivity index (χ1v) is 13.1. The molecule has 38 heavy (non-hydrogen) atoms. The molecule has 2 aromatic carbocycles. The van der Waals surface area contributed by atoms with Gasteiger partial charge in [-0.2, -0.15) is 5.26 Å². The molecule has 5 rings (SSSR count). The third kappa shape index (κ3) is 6.16. The number of halogens is 1. The minimum Gasteiger partial charge on any atom is -0.492 e. The van der Waals surface area contributed by atoms with E-state index in [0.717, 1.165) is 26.1 Å². The zero-order chi connectivity index (χ0) is 26.3. The van der Waals surface area contributed by atoms with Crippen LogP contribution in [0.1, 0.15) is 24.8 Å². The first-order valence-electron chi connectivity index (χ1n) is 12.2. The Hall–Kier alpha value is -4.27. The van der Waals surface area contributed by atoms with Crippen molar-refractivity contribution in [3.05, 3.63) is 65.6 Å². The molecule has 2 N–H and O–H groups in total. The summed E-state index contributed by atoms with van der Waals surface area (Å²) in [6.45, 7) is 3.76. The van der Waals surface area contributed by atoms with Gasteiger partial charge < -0.3 is 19.7 Å². The number of likely N-dealkylation sites (tertiary alicyclic amines) is 1. The average Bonchev–Trinajstić information content (AvgIpc) is 3.62. The van der Waals surface area contributed by atoms with Crippen LogP contribution in [0.5, 0.6) is 17.2 Å². The highest BCUT2D eigenvalue weighted by Gasteiger charge is 2.15. The fourth-order valence-corrected chi connectivity index (χ4v) is 4.77. The zero-order valence-electron chi connectivity index (χ0n) is 20.4. The van der Waals surface area contributed by atoms with E-state index < -0.39 is 11.8 Å². The SMILES string of the molecule is N#Cc1cc2c(Oc3ccc(NC(=O)Nc4nccs4)c(F)c3)ccnc2cc1OCCCN1CCCC1. The van der Waals surface area contributed by atoms with Crippen LogP contribution in [0.3, 0.4) is 0 Å². The molecule has 2 amide bonds. The second-order valence-electron chi connectivity index (χ2n) is 8.70. The Morgan fingerprint density at radius 3 is 2.74 bits per heavy atom. The summed E-state index contributed by atoms with van der Waals surface area (Å²) in [5.74, 6) is 0.441. The van der Waals surface area contributed by atoms with Crippen molar-refractivity contribution in [2.45, 2.75) is 19.3 Å². The van der Waals surface area contributed by atoms with Crippen LogP contribution in [0, 0.1) is 17.1 Å². The van der Waals surface area contributed by atoms with Gasteiger partial charge in [-0.15, -0.1) is 11.3 Å². The molecule has 0 aliphatic carbocycles. The maximum absolute atomic E-state index is 14.7. The molecule has 0 unspecified atom stereocenters. The summed E-state index contributed by atoms with van der Waals surface area (Å²) in [6, 6.07) is 10.7. The number of anilines is 2. The smallest absolute Gasteiger partial charge is 0.325 e. The van der Waals surface area contributed by atoms with E-state index in [1.165, 1.54) is 42.4 Å². The number of urea groups is 1. The predicted molar refractivity (Wildman–Crippen MR) is 143 cm³/mol. The Balaban J connectivity index is 1.27. The largest absolute Gasteiger partial charge is 0.492 e. The van der Waals surface area contributed by atoms with Gasteiger partial charge in [-0.05, 0) is 56.6 Å². The lowest BCUT2D eigenvalue weighted by molar-refractivity contribution is 0.262. The number of hydrogen-bond acceptors (Lipinski definition) is 8. The second-order valence-corrected chi connectivity index (χ2v) is 9.59. The Kier molecular flexibility index (Phi) is 7.92. The summed E-state index contributed by atoms with van der Waals surface area (Å²) < 4.78 is 26.6. The van der Waals surface area contributed by atoms with Gasteiger partial charge in [0.15, 0.2) is 5.13 Å². The van der Waals surface area contributed by atoms with Gasteiger partial charge in [0.25, 0.3) is 0 Å². The van der Waals surface area contributed by atoms with Crippen molar-refractivity contribution < 1.29 is 18.7 Å². The van der Waals surface area contributed by atoms with Crippen LogP contribution in [0.25, 0.3) is 10.9 Å². The molecule has 0 radical (unpaired) electrons. The van der Waals surface area contributed by atoms with Gasteiger partial charge in [-0.3, -0.25) is 10.3 Å². The van der Waals surface area contributed by atoms with Crippen LogP contribution in [0.2, 0.25) is 0 Å². The quantitative estimate of drug-likeness (QED) is 0.254. The van der Waals surface area contributed by atoms with Crippen LogP contribution in [-0.2, 0) is 0 Å². The number of fused-ring (bicyclic) bond motifs is 1. The first-order chi connectivity index (χ1) is 18.6. The molecule has 194 valence electrons. The van der Waals surface area contributed by atoms with Crippen LogP contribution in [-0.4, -0.2) is 47.1 Å². The lowest BCUT2D eigenvalue weighted by Crippen LogP contribution is -2.22.